The predicted octanol–water partition coefficient (Wildman–Crippen LogP) is 4.15. The highest BCUT2D eigenvalue weighted by Gasteiger charge is 2.33. The number of hydrogen-bond donors (Lipinski definition) is 0. The summed E-state index contributed by atoms with van der Waals surface area (Å²) >= 11 is 0. The smallest absolute Gasteiger partial charge is 0.265 e. The van der Waals surface area contributed by atoms with Crippen LogP contribution in [0, 0.1) is 0 Å². The van der Waals surface area contributed by atoms with Gasteiger partial charge in [-0.3, -0.25) is 4.18 Å². The molecule has 0 radical (unpaired) electrons. The molecular formula is C17H22O3SSi. The van der Waals surface area contributed by atoms with Crippen LogP contribution in [0.25, 0.3) is 0 Å². The van der Waals surface area contributed by atoms with Gasteiger partial charge in [0, 0.05) is 0 Å². The molecule has 0 N–H and O–H groups in total. The molecule has 0 aliphatic rings. The Labute approximate surface area is 134 Å². The van der Waals surface area contributed by atoms with Gasteiger partial charge in [0.05, 0.1) is 13.8 Å². The second-order valence-corrected chi connectivity index (χ2v) is 13.3. The van der Waals surface area contributed by atoms with Crippen molar-refractivity contribution in [2.75, 3.05) is 0 Å². The van der Waals surface area contributed by atoms with Gasteiger partial charge in [0.2, 0.25) is 0 Å². The van der Waals surface area contributed by atoms with Gasteiger partial charge in [0.25, 0.3) is 10.1 Å². The van der Waals surface area contributed by atoms with Gasteiger partial charge >= 0.3 is 0 Å². The van der Waals surface area contributed by atoms with E-state index in [9.17, 15) is 8.42 Å². The van der Waals surface area contributed by atoms with Crippen molar-refractivity contribution in [2.24, 2.45) is 0 Å². The van der Waals surface area contributed by atoms with Crippen LogP contribution >= 0.6 is 0 Å². The lowest BCUT2D eigenvalue weighted by Crippen LogP contribution is -2.34. The third-order valence-corrected chi connectivity index (χ3v) is 6.69. The van der Waals surface area contributed by atoms with Gasteiger partial charge in [-0.15, -0.1) is 0 Å². The number of hydrogen-bond acceptors (Lipinski definition) is 3. The second kappa shape index (κ2) is 6.77. The average molecular weight is 335 g/mol. The van der Waals surface area contributed by atoms with Crippen LogP contribution in [-0.2, 0) is 20.1 Å². The van der Waals surface area contributed by atoms with Crippen LogP contribution in [0.3, 0.4) is 0 Å². The highest BCUT2D eigenvalue weighted by atomic mass is 32.2. The van der Waals surface area contributed by atoms with Crippen LogP contribution in [-0.4, -0.2) is 16.5 Å². The Bertz CT molecular complexity index is 692. The van der Waals surface area contributed by atoms with Crippen LogP contribution in [0.1, 0.15) is 16.9 Å². The minimum Gasteiger partial charge on any atom is -0.265 e. The minimum atomic E-state index is -3.63. The van der Waals surface area contributed by atoms with Crippen LogP contribution in [0.4, 0.5) is 0 Å². The zero-order chi connectivity index (χ0) is 16.2. The van der Waals surface area contributed by atoms with Crippen LogP contribution in [0.5, 0.6) is 0 Å². The molecule has 0 heterocycles. The molecule has 0 aliphatic heterocycles. The third-order valence-electron chi connectivity index (χ3n) is 3.32. The van der Waals surface area contributed by atoms with E-state index in [2.05, 4.69) is 19.6 Å². The third kappa shape index (κ3) is 4.80. The summed E-state index contributed by atoms with van der Waals surface area (Å²) in [6, 6.07) is 18.7. The van der Waals surface area contributed by atoms with Crippen LogP contribution in [0.2, 0.25) is 19.6 Å². The lowest BCUT2D eigenvalue weighted by Gasteiger charge is -2.28. The van der Waals surface area contributed by atoms with Crippen molar-refractivity contribution < 1.29 is 12.6 Å². The Kier molecular flexibility index (Phi) is 5.21. The standard InChI is InChI=1S/C17H22O3SSi/c1-22(2,3)17(16-12-8-5-9-13-16)20-21(18,19)14-15-10-6-4-7-11-15/h4-13,17H,14H2,1-3H3. The lowest BCUT2D eigenvalue weighted by molar-refractivity contribution is 0.279. The van der Waals surface area contributed by atoms with Crippen LogP contribution < -0.4 is 0 Å². The first-order chi connectivity index (χ1) is 10.3. The topological polar surface area (TPSA) is 43.4 Å². The van der Waals surface area contributed by atoms with E-state index in [0.717, 1.165) is 11.1 Å². The molecule has 2 aromatic rings. The van der Waals surface area contributed by atoms with E-state index < -0.39 is 18.2 Å². The predicted molar refractivity (Wildman–Crippen MR) is 92.7 cm³/mol. The molecule has 0 saturated carbocycles. The molecule has 22 heavy (non-hydrogen) atoms. The van der Waals surface area contributed by atoms with E-state index >= 15 is 0 Å². The van der Waals surface area contributed by atoms with Gasteiger partial charge in [0.15, 0.2) is 0 Å². The molecule has 118 valence electrons. The van der Waals surface area contributed by atoms with Gasteiger partial charge in [-0.1, -0.05) is 80.3 Å². The van der Waals surface area contributed by atoms with E-state index in [4.69, 9.17) is 4.18 Å². The molecule has 0 saturated heterocycles. The first kappa shape index (κ1) is 16.9. The molecular weight excluding hydrogens is 312 g/mol. The largest absolute Gasteiger partial charge is 0.271 e. The van der Waals surface area contributed by atoms with E-state index in [-0.39, 0.29) is 11.5 Å². The van der Waals surface area contributed by atoms with Crippen molar-refractivity contribution in [2.45, 2.75) is 31.1 Å². The Morgan fingerprint density at radius 1 is 0.909 bits per heavy atom. The van der Waals surface area contributed by atoms with Crippen molar-refractivity contribution >= 4 is 18.2 Å². The molecule has 1 atom stereocenters. The summed E-state index contributed by atoms with van der Waals surface area (Å²) in [7, 11) is -5.49. The maximum absolute atomic E-state index is 12.4. The average Bonchev–Trinajstić information content (AvgIpc) is 2.45. The highest BCUT2D eigenvalue weighted by Crippen LogP contribution is 2.30. The SMILES string of the molecule is C[Si](C)(C)C(OS(=O)(=O)Cc1ccccc1)c1ccccc1. The fourth-order valence-electron chi connectivity index (χ4n) is 2.29. The fourth-order valence-corrected chi connectivity index (χ4v) is 6.15. The van der Waals surface area contributed by atoms with Gasteiger partial charge in [-0.25, -0.2) is 0 Å². The summed E-state index contributed by atoms with van der Waals surface area (Å²) in [5.74, 6) is -0.0956. The van der Waals surface area contributed by atoms with E-state index in [1.807, 2.05) is 48.5 Å². The maximum Gasteiger partial charge on any atom is 0.271 e. The highest BCUT2D eigenvalue weighted by molar-refractivity contribution is 7.86. The van der Waals surface area contributed by atoms with Gasteiger partial charge < -0.3 is 0 Å². The molecule has 0 aliphatic carbocycles. The Morgan fingerprint density at radius 2 is 1.41 bits per heavy atom. The molecule has 1 unspecified atom stereocenters. The quantitative estimate of drug-likeness (QED) is 0.589. The van der Waals surface area contributed by atoms with Gasteiger partial charge in [-0.2, -0.15) is 8.42 Å². The van der Waals surface area contributed by atoms with Crippen molar-refractivity contribution in [1.82, 2.24) is 0 Å². The molecule has 0 spiro atoms. The summed E-state index contributed by atoms with van der Waals surface area (Å²) in [5, 5.41) is 0. The summed E-state index contributed by atoms with van der Waals surface area (Å²) in [5.41, 5.74) is 1.30. The Balaban J connectivity index is 2.24. The second-order valence-electron chi connectivity index (χ2n) is 6.44. The molecule has 5 heteroatoms. The first-order valence-electron chi connectivity index (χ1n) is 7.28. The normalized spacial score (nSPS) is 13.8. The molecule has 2 rings (SSSR count). The maximum atomic E-state index is 12.4. The van der Waals surface area contributed by atoms with Crippen LogP contribution in [0.15, 0.2) is 60.7 Å². The minimum absolute atomic E-state index is 0.0956. The van der Waals surface area contributed by atoms with Gasteiger partial charge in [0.1, 0.15) is 5.75 Å². The molecule has 0 amide bonds. The van der Waals surface area contributed by atoms with Gasteiger partial charge in [-0.05, 0) is 11.1 Å². The zero-order valence-corrected chi connectivity index (χ0v) is 15.0. The number of benzene rings is 2. The number of rotatable bonds is 6. The molecule has 3 nitrogen and oxygen atoms in total. The monoisotopic (exact) mass is 334 g/mol. The lowest BCUT2D eigenvalue weighted by atomic mass is 10.2. The van der Waals surface area contributed by atoms with Crippen molar-refractivity contribution in [1.29, 1.82) is 0 Å². The summed E-state index contributed by atoms with van der Waals surface area (Å²) in [6.07, 6.45) is 0. The fraction of sp³-hybridized carbons (Fsp3) is 0.294. The van der Waals surface area contributed by atoms with Crippen molar-refractivity contribution in [3.05, 3.63) is 71.8 Å². The van der Waals surface area contributed by atoms with E-state index in [0.29, 0.717) is 0 Å². The van der Waals surface area contributed by atoms with E-state index in [1.165, 1.54) is 0 Å². The summed E-state index contributed by atoms with van der Waals surface area (Å²) in [6.45, 7) is 6.34. The Morgan fingerprint density at radius 3 is 1.91 bits per heavy atom. The summed E-state index contributed by atoms with van der Waals surface area (Å²) < 4.78 is 30.5. The molecule has 0 aromatic heterocycles. The first-order valence-corrected chi connectivity index (χ1v) is 12.4. The molecule has 0 bridgehead atoms. The van der Waals surface area contributed by atoms with E-state index in [1.54, 1.807) is 12.1 Å². The zero-order valence-electron chi connectivity index (χ0n) is 13.2. The molecule has 2 aromatic carbocycles. The van der Waals surface area contributed by atoms with Crippen molar-refractivity contribution in [3.8, 4) is 0 Å². The Hall–Kier alpha value is -1.43. The van der Waals surface area contributed by atoms with Crippen molar-refractivity contribution in [3.63, 3.8) is 0 Å². The summed E-state index contributed by atoms with van der Waals surface area (Å²) in [4.78, 5) is 0. The molecule has 0 fully saturated rings.